The van der Waals surface area contributed by atoms with E-state index in [2.05, 4.69) is 50.8 Å². The number of benzene rings is 1. The van der Waals surface area contributed by atoms with Crippen LogP contribution in [0.25, 0.3) is 0 Å². The minimum atomic E-state index is 0.632. The summed E-state index contributed by atoms with van der Waals surface area (Å²) in [6.45, 7) is 9.44. The zero-order chi connectivity index (χ0) is 20.0. The summed E-state index contributed by atoms with van der Waals surface area (Å²) in [6, 6.07) is 8.98. The van der Waals surface area contributed by atoms with Crippen molar-refractivity contribution in [2.75, 3.05) is 6.61 Å². The lowest BCUT2D eigenvalue weighted by atomic mass is 9.71. The zero-order valence-electron chi connectivity index (χ0n) is 18.6. The summed E-state index contributed by atoms with van der Waals surface area (Å²) >= 11 is 0. The molecule has 0 radical (unpaired) electrons. The van der Waals surface area contributed by atoms with Crippen molar-refractivity contribution in [3.8, 4) is 5.75 Å². The van der Waals surface area contributed by atoms with Crippen molar-refractivity contribution in [3.05, 3.63) is 42.5 Å². The normalized spacial score (nSPS) is 20.6. The van der Waals surface area contributed by atoms with E-state index in [-0.39, 0.29) is 0 Å². The fraction of sp³-hybridized carbons (Fsp3) is 0.704. The Bertz CT molecular complexity index is 510. The maximum atomic E-state index is 5.93. The Morgan fingerprint density at radius 3 is 2.25 bits per heavy atom. The van der Waals surface area contributed by atoms with Gasteiger partial charge in [-0.15, -0.1) is 6.58 Å². The molecule has 28 heavy (non-hydrogen) atoms. The molecule has 0 aromatic heterocycles. The Morgan fingerprint density at radius 2 is 1.61 bits per heavy atom. The summed E-state index contributed by atoms with van der Waals surface area (Å²) in [5.74, 6) is 3.46. The summed E-state index contributed by atoms with van der Waals surface area (Å²) in [5, 5.41) is 0. The molecule has 158 valence electrons. The molecule has 0 aliphatic heterocycles. The lowest BCUT2D eigenvalue weighted by Crippen LogP contribution is -2.20. The SMILES string of the molecule is C=CCC(c1ccc(OCCCCCC)cc1)[C@H]1CC[C@H](CCCCC)CC1. The fourth-order valence-corrected chi connectivity index (χ4v) is 4.87. The second-order valence-electron chi connectivity index (χ2n) is 8.89. The second-order valence-corrected chi connectivity index (χ2v) is 8.89. The first-order chi connectivity index (χ1) is 13.8. The number of hydrogen-bond donors (Lipinski definition) is 0. The van der Waals surface area contributed by atoms with Crippen molar-refractivity contribution < 1.29 is 4.74 Å². The minimum absolute atomic E-state index is 0.632. The highest BCUT2D eigenvalue weighted by atomic mass is 16.5. The Balaban J connectivity index is 1.83. The van der Waals surface area contributed by atoms with E-state index in [1.54, 1.807) is 0 Å². The van der Waals surface area contributed by atoms with Gasteiger partial charge in [0.05, 0.1) is 6.61 Å². The van der Waals surface area contributed by atoms with Crippen LogP contribution in [0.15, 0.2) is 36.9 Å². The van der Waals surface area contributed by atoms with Crippen molar-refractivity contribution in [2.45, 2.75) is 103 Å². The third-order valence-electron chi connectivity index (χ3n) is 6.67. The standard InChI is InChI=1S/C27H44O/c1-4-7-9-11-22-28-26-20-18-25(19-21-26)27(12-6-3)24-16-14-23(15-17-24)13-10-8-5-2/h6,18-21,23-24,27H,3-5,7-17,22H2,1-2H3/t23-,24-,27?. The molecule has 1 aliphatic carbocycles. The van der Waals surface area contributed by atoms with Gasteiger partial charge in [0.1, 0.15) is 5.75 Å². The first kappa shape index (κ1) is 23.0. The minimum Gasteiger partial charge on any atom is -0.494 e. The molecule has 1 saturated carbocycles. The van der Waals surface area contributed by atoms with Crippen LogP contribution < -0.4 is 4.74 Å². The maximum Gasteiger partial charge on any atom is 0.119 e. The van der Waals surface area contributed by atoms with Crippen LogP contribution in [0.1, 0.15) is 109 Å². The summed E-state index contributed by atoms with van der Waals surface area (Å²) in [4.78, 5) is 0. The smallest absolute Gasteiger partial charge is 0.119 e. The van der Waals surface area contributed by atoms with E-state index in [4.69, 9.17) is 4.74 Å². The molecule has 1 aromatic rings. The lowest BCUT2D eigenvalue weighted by Gasteiger charge is -2.34. The van der Waals surface area contributed by atoms with E-state index in [9.17, 15) is 0 Å². The van der Waals surface area contributed by atoms with E-state index in [0.29, 0.717) is 5.92 Å². The zero-order valence-corrected chi connectivity index (χ0v) is 18.6. The predicted octanol–water partition coefficient (Wildman–Crippen LogP) is 8.69. The Labute approximate surface area is 175 Å². The van der Waals surface area contributed by atoms with Gasteiger partial charge in [-0.3, -0.25) is 0 Å². The topological polar surface area (TPSA) is 9.23 Å². The van der Waals surface area contributed by atoms with Gasteiger partial charge in [-0.1, -0.05) is 89.8 Å². The Kier molecular flexibility index (Phi) is 11.4. The predicted molar refractivity (Wildman–Crippen MR) is 123 cm³/mol. The molecule has 1 heteroatoms. The van der Waals surface area contributed by atoms with E-state index in [1.807, 2.05) is 0 Å². The molecule has 1 nitrogen and oxygen atoms in total. The van der Waals surface area contributed by atoms with Gasteiger partial charge in [0.2, 0.25) is 0 Å². The maximum absolute atomic E-state index is 5.93. The van der Waals surface area contributed by atoms with Gasteiger partial charge in [0.15, 0.2) is 0 Å². The highest BCUT2D eigenvalue weighted by Gasteiger charge is 2.27. The average molecular weight is 385 g/mol. The number of rotatable bonds is 14. The van der Waals surface area contributed by atoms with E-state index in [0.717, 1.165) is 37.0 Å². The molecular weight excluding hydrogens is 340 g/mol. The molecule has 0 heterocycles. The van der Waals surface area contributed by atoms with E-state index in [1.165, 1.54) is 76.2 Å². The molecule has 1 aromatic carbocycles. The molecule has 0 saturated heterocycles. The van der Waals surface area contributed by atoms with Gasteiger partial charge in [-0.25, -0.2) is 0 Å². The fourth-order valence-electron chi connectivity index (χ4n) is 4.87. The van der Waals surface area contributed by atoms with Crippen molar-refractivity contribution in [3.63, 3.8) is 0 Å². The van der Waals surface area contributed by atoms with Crippen LogP contribution in [0, 0.1) is 11.8 Å². The third-order valence-corrected chi connectivity index (χ3v) is 6.67. The molecule has 1 atom stereocenters. The van der Waals surface area contributed by atoms with Crippen LogP contribution in [0.5, 0.6) is 5.75 Å². The van der Waals surface area contributed by atoms with Crippen molar-refractivity contribution >= 4 is 0 Å². The van der Waals surface area contributed by atoms with Gasteiger partial charge in [-0.05, 0) is 61.1 Å². The number of ether oxygens (including phenoxy) is 1. The Morgan fingerprint density at radius 1 is 0.929 bits per heavy atom. The monoisotopic (exact) mass is 384 g/mol. The van der Waals surface area contributed by atoms with Gasteiger partial charge < -0.3 is 4.74 Å². The quantitative estimate of drug-likeness (QED) is 0.230. The average Bonchev–Trinajstić information content (AvgIpc) is 2.73. The molecule has 0 spiro atoms. The summed E-state index contributed by atoms with van der Waals surface area (Å²) < 4.78 is 5.93. The van der Waals surface area contributed by atoms with Crippen molar-refractivity contribution in [2.24, 2.45) is 11.8 Å². The number of allylic oxidation sites excluding steroid dienone is 1. The van der Waals surface area contributed by atoms with Crippen LogP contribution in [-0.2, 0) is 0 Å². The van der Waals surface area contributed by atoms with Crippen LogP contribution in [-0.4, -0.2) is 6.61 Å². The molecule has 1 aliphatic rings. The van der Waals surface area contributed by atoms with Gasteiger partial charge in [0.25, 0.3) is 0 Å². The van der Waals surface area contributed by atoms with Crippen molar-refractivity contribution in [1.82, 2.24) is 0 Å². The Hall–Kier alpha value is -1.24. The number of unbranched alkanes of at least 4 members (excludes halogenated alkanes) is 5. The second kappa shape index (κ2) is 13.9. The number of hydrogen-bond acceptors (Lipinski definition) is 1. The first-order valence-electron chi connectivity index (χ1n) is 12.1. The van der Waals surface area contributed by atoms with Crippen LogP contribution >= 0.6 is 0 Å². The molecule has 0 amide bonds. The third kappa shape index (κ3) is 8.02. The molecular formula is C27H44O. The van der Waals surface area contributed by atoms with Gasteiger partial charge >= 0.3 is 0 Å². The lowest BCUT2D eigenvalue weighted by molar-refractivity contribution is 0.230. The molecule has 0 bridgehead atoms. The summed E-state index contributed by atoms with van der Waals surface area (Å²) in [6.07, 6.45) is 19.5. The summed E-state index contributed by atoms with van der Waals surface area (Å²) in [5.41, 5.74) is 1.48. The summed E-state index contributed by atoms with van der Waals surface area (Å²) in [7, 11) is 0. The van der Waals surface area contributed by atoms with E-state index >= 15 is 0 Å². The van der Waals surface area contributed by atoms with Gasteiger partial charge in [0, 0.05) is 0 Å². The van der Waals surface area contributed by atoms with E-state index < -0.39 is 0 Å². The molecule has 1 unspecified atom stereocenters. The van der Waals surface area contributed by atoms with Crippen molar-refractivity contribution in [1.29, 1.82) is 0 Å². The van der Waals surface area contributed by atoms with Gasteiger partial charge in [-0.2, -0.15) is 0 Å². The first-order valence-corrected chi connectivity index (χ1v) is 12.1. The molecule has 2 rings (SSSR count). The van der Waals surface area contributed by atoms with Crippen LogP contribution in [0.2, 0.25) is 0 Å². The van der Waals surface area contributed by atoms with Crippen LogP contribution in [0.3, 0.4) is 0 Å². The molecule has 0 N–H and O–H groups in total. The largest absolute Gasteiger partial charge is 0.494 e. The van der Waals surface area contributed by atoms with Crippen LogP contribution in [0.4, 0.5) is 0 Å². The molecule has 1 fully saturated rings. The highest BCUT2D eigenvalue weighted by Crippen LogP contribution is 2.41. The highest BCUT2D eigenvalue weighted by molar-refractivity contribution is 5.30.